The summed E-state index contributed by atoms with van der Waals surface area (Å²) in [7, 11) is 0. The van der Waals surface area contributed by atoms with Crippen LogP contribution in [0.3, 0.4) is 0 Å². The van der Waals surface area contributed by atoms with Gasteiger partial charge < -0.3 is 14.8 Å². The van der Waals surface area contributed by atoms with Crippen molar-refractivity contribution in [2.24, 2.45) is 0 Å². The normalized spacial score (nSPS) is 14.4. The summed E-state index contributed by atoms with van der Waals surface area (Å²) >= 11 is 12.9. The molecule has 2 aromatic heterocycles. The quantitative estimate of drug-likeness (QED) is 0.402. The molecule has 0 saturated heterocycles. The van der Waals surface area contributed by atoms with Gasteiger partial charge in [-0.2, -0.15) is 14.6 Å². The topological polar surface area (TPSA) is 174 Å². The summed E-state index contributed by atoms with van der Waals surface area (Å²) in [6, 6.07) is 5.63. The Labute approximate surface area is 243 Å². The Hall–Kier alpha value is -4.15. The van der Waals surface area contributed by atoms with Crippen molar-refractivity contribution in [3.8, 4) is 23.4 Å². The summed E-state index contributed by atoms with van der Waals surface area (Å²) < 4.78 is 13.1. The lowest BCUT2D eigenvalue weighted by Gasteiger charge is -2.24. The first-order valence-corrected chi connectivity index (χ1v) is 13.7. The number of nitrogens with one attached hydrogen (secondary N) is 2. The highest BCUT2D eigenvalue weighted by molar-refractivity contribution is 6.37. The van der Waals surface area contributed by atoms with Crippen LogP contribution in [-0.2, 0) is 4.74 Å². The number of hydrogen-bond donors (Lipinski definition) is 2. The van der Waals surface area contributed by atoms with Gasteiger partial charge in [-0.05, 0) is 37.8 Å². The molecule has 0 spiro atoms. The molecular formula is C26H27Cl2N7O6. The molecule has 15 heteroatoms. The Morgan fingerprint density at radius 1 is 1.10 bits per heavy atom. The SMILES string of the molecule is CC(C)c1cc(Oc2c(Cl)cc(-n3nc(C#N)c(=O)[nH]c3=O)cc2Cl)nn(C(C)OC(=O)NC2CCCCC2)c1=O. The molecule has 4 rings (SSSR count). The van der Waals surface area contributed by atoms with Gasteiger partial charge in [0, 0.05) is 17.7 Å². The number of carbonyl (C=O) groups excluding carboxylic acids is 1. The van der Waals surface area contributed by atoms with Crippen molar-refractivity contribution in [1.29, 1.82) is 5.26 Å². The van der Waals surface area contributed by atoms with Crippen LogP contribution in [0.25, 0.3) is 5.69 Å². The summed E-state index contributed by atoms with van der Waals surface area (Å²) in [5.74, 6) is -0.339. The summed E-state index contributed by atoms with van der Waals surface area (Å²) in [4.78, 5) is 51.6. The van der Waals surface area contributed by atoms with Gasteiger partial charge in [-0.25, -0.2) is 9.59 Å². The van der Waals surface area contributed by atoms with Crippen LogP contribution in [-0.4, -0.2) is 36.7 Å². The second kappa shape index (κ2) is 12.6. The Morgan fingerprint density at radius 3 is 2.37 bits per heavy atom. The Kier molecular flexibility index (Phi) is 9.14. The van der Waals surface area contributed by atoms with Crippen molar-refractivity contribution in [3.63, 3.8) is 0 Å². The molecule has 1 saturated carbocycles. The van der Waals surface area contributed by atoms with Gasteiger partial charge in [-0.3, -0.25) is 14.6 Å². The minimum absolute atomic E-state index is 0.0231. The summed E-state index contributed by atoms with van der Waals surface area (Å²) in [5.41, 5.74) is -2.44. The number of aromatic nitrogens is 5. The number of amides is 1. The van der Waals surface area contributed by atoms with Crippen molar-refractivity contribution >= 4 is 29.3 Å². The first kappa shape index (κ1) is 29.8. The van der Waals surface area contributed by atoms with E-state index in [0.29, 0.717) is 5.56 Å². The molecule has 13 nitrogen and oxygen atoms in total. The van der Waals surface area contributed by atoms with Gasteiger partial charge in [-0.1, -0.05) is 56.3 Å². The number of H-pyrrole nitrogens is 1. The van der Waals surface area contributed by atoms with Crippen LogP contribution in [0.1, 0.15) is 76.3 Å². The van der Waals surface area contributed by atoms with Crippen LogP contribution < -0.4 is 26.9 Å². The van der Waals surface area contributed by atoms with E-state index in [4.69, 9.17) is 37.9 Å². The third kappa shape index (κ3) is 6.78. The van der Waals surface area contributed by atoms with Crippen LogP contribution >= 0.6 is 23.2 Å². The van der Waals surface area contributed by atoms with Crippen molar-refractivity contribution in [2.45, 2.75) is 71.1 Å². The molecule has 1 aliphatic carbocycles. The van der Waals surface area contributed by atoms with E-state index in [1.807, 2.05) is 18.8 Å². The lowest BCUT2D eigenvalue weighted by Crippen LogP contribution is -2.39. The molecule has 216 valence electrons. The van der Waals surface area contributed by atoms with Gasteiger partial charge in [0.2, 0.25) is 11.6 Å². The fourth-order valence-electron chi connectivity index (χ4n) is 4.39. The number of aromatic amines is 1. The third-order valence-electron chi connectivity index (χ3n) is 6.48. The molecule has 41 heavy (non-hydrogen) atoms. The van der Waals surface area contributed by atoms with Crippen molar-refractivity contribution in [2.75, 3.05) is 0 Å². The maximum absolute atomic E-state index is 13.2. The van der Waals surface area contributed by atoms with E-state index in [2.05, 4.69) is 15.5 Å². The number of nitrogens with zero attached hydrogens (tertiary/aromatic N) is 5. The molecular weight excluding hydrogens is 577 g/mol. The van der Waals surface area contributed by atoms with E-state index in [1.54, 1.807) is 6.07 Å². The fraction of sp³-hybridized carbons (Fsp3) is 0.423. The molecule has 3 aromatic rings. The van der Waals surface area contributed by atoms with Crippen LogP contribution in [0.15, 0.2) is 32.6 Å². The monoisotopic (exact) mass is 603 g/mol. The second-order valence-electron chi connectivity index (χ2n) is 9.80. The average Bonchev–Trinajstić information content (AvgIpc) is 2.91. The van der Waals surface area contributed by atoms with Crippen LogP contribution in [0.5, 0.6) is 11.6 Å². The van der Waals surface area contributed by atoms with Gasteiger partial charge in [0.1, 0.15) is 6.07 Å². The Balaban J connectivity index is 1.64. The van der Waals surface area contributed by atoms with E-state index < -0.39 is 34.8 Å². The first-order chi connectivity index (χ1) is 19.5. The molecule has 1 amide bonds. The molecule has 1 atom stereocenters. The number of carbonyl (C=O) groups is 1. The third-order valence-corrected chi connectivity index (χ3v) is 7.04. The van der Waals surface area contributed by atoms with Crippen molar-refractivity contribution < 1.29 is 14.3 Å². The minimum Gasteiger partial charge on any atom is -0.434 e. The molecule has 1 aliphatic rings. The molecule has 2 heterocycles. The molecule has 1 fully saturated rings. The van der Waals surface area contributed by atoms with Gasteiger partial charge in [0.25, 0.3) is 11.1 Å². The first-order valence-electron chi connectivity index (χ1n) is 12.9. The fourth-order valence-corrected chi connectivity index (χ4v) is 4.94. The van der Waals surface area contributed by atoms with Crippen LogP contribution in [0.4, 0.5) is 4.79 Å². The van der Waals surface area contributed by atoms with Gasteiger partial charge >= 0.3 is 11.8 Å². The smallest absolute Gasteiger partial charge is 0.409 e. The largest absolute Gasteiger partial charge is 0.434 e. The predicted octanol–water partition coefficient (Wildman–Crippen LogP) is 4.15. The van der Waals surface area contributed by atoms with Gasteiger partial charge in [0.15, 0.2) is 12.0 Å². The van der Waals surface area contributed by atoms with Gasteiger partial charge in [0.05, 0.1) is 15.7 Å². The van der Waals surface area contributed by atoms with Crippen molar-refractivity contribution in [3.05, 3.63) is 70.7 Å². The molecule has 2 N–H and O–H groups in total. The van der Waals surface area contributed by atoms with E-state index in [0.717, 1.165) is 41.5 Å². The number of nitriles is 1. The standard InChI is InChI=1S/C26H27Cl2N7O6/c1-13(2)17-11-21(33-34(24(17)37)14(3)40-26(39)30-15-7-5-4-6-8-15)41-22-18(27)9-16(10-19(22)28)35-25(38)31-23(36)20(12-29)32-35/h9-11,13-15H,4-8H2,1-3H3,(H,30,39)(H,31,36,38). The number of ether oxygens (including phenoxy) is 2. The van der Waals surface area contributed by atoms with E-state index in [1.165, 1.54) is 25.1 Å². The zero-order chi connectivity index (χ0) is 29.8. The number of hydrogen-bond acceptors (Lipinski definition) is 9. The number of benzene rings is 1. The highest BCUT2D eigenvalue weighted by Gasteiger charge is 2.23. The van der Waals surface area contributed by atoms with E-state index in [-0.39, 0.29) is 39.3 Å². The van der Waals surface area contributed by atoms with E-state index >= 15 is 0 Å². The lowest BCUT2D eigenvalue weighted by atomic mass is 9.96. The zero-order valence-corrected chi connectivity index (χ0v) is 24.0. The summed E-state index contributed by atoms with van der Waals surface area (Å²) in [6.45, 7) is 5.14. The average molecular weight is 604 g/mol. The number of rotatable bonds is 7. The summed E-state index contributed by atoms with van der Waals surface area (Å²) in [6.07, 6.45) is 3.23. The molecule has 1 unspecified atom stereocenters. The maximum atomic E-state index is 13.2. The second-order valence-corrected chi connectivity index (χ2v) is 10.6. The predicted molar refractivity (Wildman–Crippen MR) is 149 cm³/mol. The molecule has 0 radical (unpaired) electrons. The molecule has 0 bridgehead atoms. The minimum atomic E-state index is -1.06. The molecule has 1 aromatic carbocycles. The number of alkyl carbamates (subject to hydrolysis) is 1. The van der Waals surface area contributed by atoms with E-state index in [9.17, 15) is 19.2 Å². The van der Waals surface area contributed by atoms with Crippen molar-refractivity contribution in [1.82, 2.24) is 29.9 Å². The number of halogens is 2. The zero-order valence-electron chi connectivity index (χ0n) is 22.4. The summed E-state index contributed by atoms with van der Waals surface area (Å²) in [5, 5.41) is 19.8. The lowest BCUT2D eigenvalue weighted by molar-refractivity contribution is 0.0520. The van der Waals surface area contributed by atoms with Gasteiger partial charge in [-0.15, -0.1) is 10.2 Å². The highest BCUT2D eigenvalue weighted by Crippen LogP contribution is 2.38. The Morgan fingerprint density at radius 2 is 1.76 bits per heavy atom. The highest BCUT2D eigenvalue weighted by atomic mass is 35.5. The maximum Gasteiger partial charge on any atom is 0.409 e. The Bertz CT molecular complexity index is 1660. The van der Waals surface area contributed by atoms with Crippen LogP contribution in [0, 0.1) is 11.3 Å². The van der Waals surface area contributed by atoms with Crippen LogP contribution in [0.2, 0.25) is 10.0 Å². The molecule has 0 aliphatic heterocycles.